The zero-order chi connectivity index (χ0) is 29.9. The van der Waals surface area contributed by atoms with Crippen LogP contribution in [0.3, 0.4) is 0 Å². The van der Waals surface area contributed by atoms with Crippen molar-refractivity contribution in [3.63, 3.8) is 0 Å². The van der Waals surface area contributed by atoms with E-state index in [9.17, 15) is 26.7 Å². The monoisotopic (exact) mass is 621 g/mol. The van der Waals surface area contributed by atoms with Crippen molar-refractivity contribution in [1.29, 1.82) is 0 Å². The van der Waals surface area contributed by atoms with Crippen LogP contribution in [0.4, 0.5) is 5.69 Å². The van der Waals surface area contributed by atoms with E-state index in [1.165, 1.54) is 66.5 Å². The minimum Gasteiger partial charge on any atom is -0.486 e. The molecule has 220 valence electrons. The molecule has 0 saturated carbocycles. The van der Waals surface area contributed by atoms with E-state index >= 15 is 0 Å². The van der Waals surface area contributed by atoms with Crippen LogP contribution in [0.1, 0.15) is 24.2 Å². The second-order valence-electron chi connectivity index (χ2n) is 9.96. The van der Waals surface area contributed by atoms with Gasteiger partial charge in [-0.1, -0.05) is 42.8 Å². The number of para-hydroxylation sites is 1. The van der Waals surface area contributed by atoms with Crippen molar-refractivity contribution in [2.45, 2.75) is 35.8 Å². The van der Waals surface area contributed by atoms with Gasteiger partial charge in [-0.2, -0.15) is 4.31 Å². The van der Waals surface area contributed by atoms with E-state index in [0.29, 0.717) is 5.02 Å². The number of likely N-dealkylation sites (N-methyl/N-ethyl adjacent to an activating group) is 1. The molecular weight excluding hydrogens is 590 g/mol. The van der Waals surface area contributed by atoms with Gasteiger partial charge in [-0.25, -0.2) is 16.8 Å². The highest BCUT2D eigenvalue weighted by Gasteiger charge is 2.36. The van der Waals surface area contributed by atoms with E-state index in [4.69, 9.17) is 16.3 Å². The minimum absolute atomic E-state index is 0.0176. The summed E-state index contributed by atoms with van der Waals surface area (Å²) in [4.78, 5) is 15.2. The molecule has 0 radical (unpaired) electrons. The summed E-state index contributed by atoms with van der Waals surface area (Å²) in [5.41, 5.74) is 0.109. The fourth-order valence-electron chi connectivity index (χ4n) is 4.48. The van der Waals surface area contributed by atoms with Crippen molar-refractivity contribution in [2.75, 3.05) is 31.5 Å². The zero-order valence-corrected chi connectivity index (χ0v) is 25.2. The lowest BCUT2D eigenvalue weighted by Crippen LogP contribution is -2.50. The molecule has 10 nitrogen and oxygen atoms in total. The summed E-state index contributed by atoms with van der Waals surface area (Å²) >= 11 is 5.93. The van der Waals surface area contributed by atoms with Gasteiger partial charge < -0.3 is 14.7 Å². The Morgan fingerprint density at radius 1 is 1.02 bits per heavy atom. The van der Waals surface area contributed by atoms with Gasteiger partial charge in [0, 0.05) is 24.5 Å². The molecule has 1 heterocycles. The third kappa shape index (κ3) is 6.68. The number of rotatable bonds is 9. The summed E-state index contributed by atoms with van der Waals surface area (Å²) in [6.07, 6.45) is -0.801. The Balaban J connectivity index is 1.76. The Labute approximate surface area is 245 Å². The predicted molar refractivity (Wildman–Crippen MR) is 156 cm³/mol. The molecule has 41 heavy (non-hydrogen) atoms. The Kier molecular flexibility index (Phi) is 9.29. The molecule has 0 unspecified atom stereocenters. The van der Waals surface area contributed by atoms with Gasteiger partial charge in [-0.15, -0.1) is 0 Å². The molecule has 0 spiro atoms. The van der Waals surface area contributed by atoms with Gasteiger partial charge in [-0.3, -0.25) is 9.52 Å². The summed E-state index contributed by atoms with van der Waals surface area (Å²) in [7, 11) is -6.56. The van der Waals surface area contributed by atoms with E-state index in [1.54, 1.807) is 32.0 Å². The van der Waals surface area contributed by atoms with Crippen molar-refractivity contribution >= 4 is 43.2 Å². The predicted octanol–water partition coefficient (Wildman–Crippen LogP) is 3.68. The van der Waals surface area contributed by atoms with E-state index in [0.717, 1.165) is 4.31 Å². The van der Waals surface area contributed by atoms with Crippen molar-refractivity contribution < 1.29 is 31.5 Å². The van der Waals surface area contributed by atoms with E-state index in [-0.39, 0.29) is 46.5 Å². The van der Waals surface area contributed by atoms with Gasteiger partial charge >= 0.3 is 0 Å². The molecule has 3 atom stereocenters. The fraction of sp³-hybridized carbons (Fsp3) is 0.321. The first-order valence-corrected chi connectivity index (χ1v) is 16.2. The fourth-order valence-corrected chi connectivity index (χ4v) is 6.88. The van der Waals surface area contributed by atoms with Gasteiger partial charge in [0.25, 0.3) is 15.9 Å². The average Bonchev–Trinajstić information content (AvgIpc) is 2.95. The molecule has 0 saturated heterocycles. The van der Waals surface area contributed by atoms with Crippen molar-refractivity contribution in [3.8, 4) is 5.75 Å². The SMILES string of the molecule is C[C@@H]1CN([C@H](C)CO)C(=O)c2cccc(NS(=O)(=O)c3ccccc3)c2O[C@H]1CN(C)S(=O)(=O)c1ccc(Cl)cc1. The van der Waals surface area contributed by atoms with Crippen molar-refractivity contribution in [1.82, 2.24) is 9.21 Å². The van der Waals surface area contributed by atoms with E-state index < -0.39 is 44.0 Å². The van der Waals surface area contributed by atoms with Crippen LogP contribution in [-0.2, 0) is 20.0 Å². The molecule has 1 aliphatic heterocycles. The molecule has 3 aromatic carbocycles. The number of amides is 1. The number of sulfonamides is 2. The molecule has 1 amide bonds. The number of ether oxygens (including phenoxy) is 1. The van der Waals surface area contributed by atoms with Crippen LogP contribution in [0, 0.1) is 5.92 Å². The van der Waals surface area contributed by atoms with Crippen LogP contribution in [0.2, 0.25) is 5.02 Å². The first-order valence-electron chi connectivity index (χ1n) is 12.9. The highest BCUT2D eigenvalue weighted by molar-refractivity contribution is 7.92. The number of hydrogen-bond acceptors (Lipinski definition) is 7. The standard InChI is InChI=1S/C28H32ClN3O7S2/c1-19-16-32(20(2)18-33)28(34)24-10-7-11-25(30-40(35,36)22-8-5-4-6-9-22)27(24)39-26(19)17-31(3)41(37,38)23-14-12-21(29)13-15-23/h4-15,19-20,26,30,33H,16-18H2,1-3H3/t19-,20-,26+/m1/s1. The lowest BCUT2D eigenvalue weighted by molar-refractivity contribution is 0.0389. The molecule has 0 fully saturated rings. The minimum atomic E-state index is -4.05. The third-order valence-corrected chi connectivity index (χ3v) is 10.4. The molecular formula is C28H32ClN3O7S2. The average molecular weight is 622 g/mol. The van der Waals surface area contributed by atoms with Gasteiger partial charge in [0.15, 0.2) is 5.75 Å². The lowest BCUT2D eigenvalue weighted by atomic mass is 9.99. The maximum atomic E-state index is 13.7. The van der Waals surface area contributed by atoms with Crippen LogP contribution in [0.25, 0.3) is 0 Å². The summed E-state index contributed by atoms with van der Waals surface area (Å²) < 4.78 is 63.1. The highest BCUT2D eigenvalue weighted by Crippen LogP contribution is 2.36. The topological polar surface area (TPSA) is 133 Å². The van der Waals surface area contributed by atoms with Crippen molar-refractivity contribution in [3.05, 3.63) is 83.4 Å². The molecule has 4 rings (SSSR count). The summed E-state index contributed by atoms with van der Waals surface area (Å²) in [6, 6.07) is 17.5. The van der Waals surface area contributed by atoms with Gasteiger partial charge in [0.2, 0.25) is 10.0 Å². The smallest absolute Gasteiger partial charge is 0.262 e. The summed E-state index contributed by atoms with van der Waals surface area (Å²) in [6.45, 7) is 3.26. The van der Waals surface area contributed by atoms with Crippen molar-refractivity contribution in [2.24, 2.45) is 5.92 Å². The number of benzene rings is 3. The van der Waals surface area contributed by atoms with Crippen LogP contribution in [-0.4, -0.2) is 75.9 Å². The highest BCUT2D eigenvalue weighted by atomic mass is 35.5. The van der Waals surface area contributed by atoms with Crippen LogP contribution >= 0.6 is 11.6 Å². The van der Waals surface area contributed by atoms with Crippen LogP contribution in [0.15, 0.2) is 82.6 Å². The molecule has 2 N–H and O–H groups in total. The van der Waals surface area contributed by atoms with Gasteiger partial charge in [0.05, 0.1) is 40.2 Å². The quantitative estimate of drug-likeness (QED) is 0.372. The number of fused-ring (bicyclic) bond motifs is 1. The number of nitrogens with zero attached hydrogens (tertiary/aromatic N) is 2. The van der Waals surface area contributed by atoms with Gasteiger partial charge in [0.1, 0.15) is 6.10 Å². The Morgan fingerprint density at radius 2 is 1.68 bits per heavy atom. The lowest BCUT2D eigenvalue weighted by Gasteiger charge is -2.38. The van der Waals surface area contributed by atoms with Gasteiger partial charge in [-0.05, 0) is 55.5 Å². The number of anilines is 1. The first-order chi connectivity index (χ1) is 19.3. The number of hydrogen-bond donors (Lipinski definition) is 2. The number of nitrogens with one attached hydrogen (secondary N) is 1. The Bertz CT molecular complexity index is 1600. The second kappa shape index (κ2) is 12.4. The van der Waals surface area contributed by atoms with E-state index in [2.05, 4.69) is 4.72 Å². The zero-order valence-electron chi connectivity index (χ0n) is 22.8. The largest absolute Gasteiger partial charge is 0.486 e. The molecule has 13 heteroatoms. The molecule has 3 aromatic rings. The van der Waals surface area contributed by atoms with Crippen LogP contribution in [0.5, 0.6) is 5.75 Å². The number of carbonyl (C=O) groups excluding carboxylic acids is 1. The summed E-state index contributed by atoms with van der Waals surface area (Å²) in [5.74, 6) is -0.890. The molecule has 0 aromatic heterocycles. The van der Waals surface area contributed by atoms with Crippen LogP contribution < -0.4 is 9.46 Å². The number of halogens is 1. The van der Waals surface area contributed by atoms with E-state index in [1.807, 2.05) is 0 Å². The number of carbonyl (C=O) groups is 1. The normalized spacial score (nSPS) is 18.7. The molecule has 0 aliphatic carbocycles. The number of aliphatic hydroxyl groups excluding tert-OH is 1. The number of aliphatic hydroxyl groups is 1. The second-order valence-corrected chi connectivity index (χ2v) is 14.1. The molecule has 0 bridgehead atoms. The molecule has 1 aliphatic rings. The third-order valence-electron chi connectivity index (χ3n) is 6.95. The Morgan fingerprint density at radius 3 is 2.32 bits per heavy atom. The maximum absolute atomic E-state index is 13.7. The maximum Gasteiger partial charge on any atom is 0.262 e. The summed E-state index contributed by atoms with van der Waals surface area (Å²) in [5, 5.41) is 10.3. The Hall–Kier alpha value is -3.16. The first kappa shape index (κ1) is 30.8.